The highest BCUT2D eigenvalue weighted by atomic mass is 16.5. The molecule has 2 amide bonds. The predicted octanol–water partition coefficient (Wildman–Crippen LogP) is -0.856. The highest BCUT2D eigenvalue weighted by Gasteiger charge is 2.25. The number of unbranched alkanes of at least 4 members (excludes halogenated alkanes) is 1. The van der Waals surface area contributed by atoms with Crippen LogP contribution in [0.2, 0.25) is 0 Å². The van der Waals surface area contributed by atoms with E-state index in [1.165, 1.54) is 4.90 Å². The molecule has 1 aliphatic rings. The number of hydrogen-bond acceptors (Lipinski definition) is 4. The number of rotatable bonds is 4. The molecule has 0 radical (unpaired) electrons. The third kappa shape index (κ3) is 2.78. The molecule has 0 aromatic carbocycles. The van der Waals surface area contributed by atoms with Gasteiger partial charge in [0.1, 0.15) is 13.2 Å². The summed E-state index contributed by atoms with van der Waals surface area (Å²) >= 11 is 0. The first-order valence-corrected chi connectivity index (χ1v) is 4.27. The zero-order valence-electron chi connectivity index (χ0n) is 7.36. The molecule has 1 fully saturated rings. The van der Waals surface area contributed by atoms with Crippen molar-refractivity contribution in [1.82, 2.24) is 4.90 Å². The third-order valence-corrected chi connectivity index (χ3v) is 1.84. The van der Waals surface area contributed by atoms with Crippen LogP contribution < -0.4 is 0 Å². The Labute approximate surface area is 76.3 Å². The molecule has 74 valence electrons. The Balaban J connectivity index is 2.35. The standard InChI is InChI=1S/C8H13NO4/c10-4-2-1-3-9-7(11)5-13-6-8(9)12/h10H,1-6H2. The Hall–Kier alpha value is -0.940. The van der Waals surface area contributed by atoms with Crippen LogP contribution in [0, 0.1) is 0 Å². The molecule has 5 nitrogen and oxygen atoms in total. The summed E-state index contributed by atoms with van der Waals surface area (Å²) in [7, 11) is 0. The van der Waals surface area contributed by atoms with Gasteiger partial charge in [0, 0.05) is 13.2 Å². The molecular weight excluding hydrogens is 174 g/mol. The monoisotopic (exact) mass is 187 g/mol. The van der Waals surface area contributed by atoms with E-state index in [2.05, 4.69) is 0 Å². The molecule has 0 unspecified atom stereocenters. The van der Waals surface area contributed by atoms with Crippen molar-refractivity contribution in [3.8, 4) is 0 Å². The lowest BCUT2D eigenvalue weighted by molar-refractivity contribution is -0.158. The number of morpholine rings is 1. The van der Waals surface area contributed by atoms with E-state index in [1.54, 1.807) is 0 Å². The summed E-state index contributed by atoms with van der Waals surface area (Å²) in [6.45, 7) is 0.462. The van der Waals surface area contributed by atoms with Gasteiger partial charge >= 0.3 is 0 Å². The minimum Gasteiger partial charge on any atom is -0.396 e. The first-order chi connectivity index (χ1) is 6.25. The van der Waals surface area contributed by atoms with Crippen LogP contribution in [0.4, 0.5) is 0 Å². The minimum absolute atomic E-state index is 0.00906. The Morgan fingerprint density at radius 2 is 1.85 bits per heavy atom. The molecule has 0 aromatic heterocycles. The Morgan fingerprint density at radius 3 is 2.38 bits per heavy atom. The second-order valence-electron chi connectivity index (χ2n) is 2.86. The molecule has 1 N–H and O–H groups in total. The maximum absolute atomic E-state index is 11.1. The number of carbonyl (C=O) groups excluding carboxylic acids is 2. The molecule has 1 saturated heterocycles. The van der Waals surface area contributed by atoms with Gasteiger partial charge in [-0.3, -0.25) is 14.5 Å². The maximum atomic E-state index is 11.1. The maximum Gasteiger partial charge on any atom is 0.255 e. The van der Waals surface area contributed by atoms with Gasteiger partial charge in [-0.2, -0.15) is 0 Å². The topological polar surface area (TPSA) is 66.8 Å². The van der Waals surface area contributed by atoms with Gasteiger partial charge in [0.15, 0.2) is 0 Å². The van der Waals surface area contributed by atoms with E-state index in [1.807, 2.05) is 0 Å². The second kappa shape index (κ2) is 4.94. The summed E-state index contributed by atoms with van der Waals surface area (Å²) in [5.41, 5.74) is 0. The first kappa shape index (κ1) is 10.1. The molecule has 0 aliphatic carbocycles. The summed E-state index contributed by atoms with van der Waals surface area (Å²) in [5, 5.41) is 8.51. The lowest BCUT2D eigenvalue weighted by atomic mass is 10.3. The number of carbonyl (C=O) groups is 2. The van der Waals surface area contributed by atoms with E-state index in [0.29, 0.717) is 19.4 Å². The highest BCUT2D eigenvalue weighted by molar-refractivity contribution is 5.98. The van der Waals surface area contributed by atoms with E-state index >= 15 is 0 Å². The van der Waals surface area contributed by atoms with Crippen molar-refractivity contribution >= 4 is 11.8 Å². The normalized spacial score (nSPS) is 18.1. The van der Waals surface area contributed by atoms with Crippen LogP contribution in [0.25, 0.3) is 0 Å². The van der Waals surface area contributed by atoms with Gasteiger partial charge in [0.25, 0.3) is 11.8 Å². The van der Waals surface area contributed by atoms with Gasteiger partial charge in [-0.15, -0.1) is 0 Å². The van der Waals surface area contributed by atoms with E-state index in [4.69, 9.17) is 9.84 Å². The SMILES string of the molecule is O=C1COCC(=O)N1CCCCO. The lowest BCUT2D eigenvalue weighted by Gasteiger charge is -2.24. The largest absolute Gasteiger partial charge is 0.396 e. The summed E-state index contributed by atoms with van der Waals surface area (Å²) in [6, 6.07) is 0. The number of aliphatic hydroxyl groups excluding tert-OH is 1. The molecule has 1 rings (SSSR count). The fourth-order valence-electron chi connectivity index (χ4n) is 1.15. The van der Waals surface area contributed by atoms with Crippen molar-refractivity contribution in [3.05, 3.63) is 0 Å². The van der Waals surface area contributed by atoms with Crippen molar-refractivity contribution in [2.75, 3.05) is 26.4 Å². The van der Waals surface area contributed by atoms with E-state index in [0.717, 1.165) is 0 Å². The van der Waals surface area contributed by atoms with E-state index < -0.39 is 0 Å². The second-order valence-corrected chi connectivity index (χ2v) is 2.86. The van der Waals surface area contributed by atoms with Crippen molar-refractivity contribution in [2.45, 2.75) is 12.8 Å². The molecular formula is C8H13NO4. The number of aliphatic hydroxyl groups is 1. The fourth-order valence-corrected chi connectivity index (χ4v) is 1.15. The number of amides is 2. The molecule has 0 spiro atoms. The highest BCUT2D eigenvalue weighted by Crippen LogP contribution is 2.02. The van der Waals surface area contributed by atoms with Gasteiger partial charge in [-0.05, 0) is 12.8 Å². The van der Waals surface area contributed by atoms with Crippen LogP contribution in [-0.2, 0) is 14.3 Å². The Morgan fingerprint density at radius 1 is 1.23 bits per heavy atom. The summed E-state index contributed by atoms with van der Waals surface area (Å²) < 4.78 is 4.74. The molecule has 0 saturated carbocycles. The van der Waals surface area contributed by atoms with Crippen LogP contribution in [0.5, 0.6) is 0 Å². The predicted molar refractivity (Wildman–Crippen MR) is 43.9 cm³/mol. The zero-order valence-corrected chi connectivity index (χ0v) is 7.36. The van der Waals surface area contributed by atoms with Gasteiger partial charge in [0.2, 0.25) is 0 Å². The van der Waals surface area contributed by atoms with Crippen LogP contribution in [0.3, 0.4) is 0 Å². The van der Waals surface area contributed by atoms with E-state index in [9.17, 15) is 9.59 Å². The van der Waals surface area contributed by atoms with Gasteiger partial charge < -0.3 is 9.84 Å². The summed E-state index contributed by atoms with van der Waals surface area (Å²) in [4.78, 5) is 23.4. The van der Waals surface area contributed by atoms with Gasteiger partial charge in [0.05, 0.1) is 0 Å². The number of imide groups is 1. The number of nitrogens with zero attached hydrogens (tertiary/aromatic N) is 1. The smallest absolute Gasteiger partial charge is 0.255 e. The average molecular weight is 187 g/mol. The Bertz CT molecular complexity index is 188. The Kier molecular flexibility index (Phi) is 3.85. The van der Waals surface area contributed by atoms with Crippen LogP contribution in [-0.4, -0.2) is 48.2 Å². The quantitative estimate of drug-likeness (QED) is 0.459. The lowest BCUT2D eigenvalue weighted by Crippen LogP contribution is -2.46. The van der Waals surface area contributed by atoms with Crippen molar-refractivity contribution in [2.24, 2.45) is 0 Å². The summed E-state index contributed by atoms with van der Waals surface area (Å²) in [6.07, 6.45) is 1.26. The number of hydrogen-bond donors (Lipinski definition) is 1. The molecule has 1 heterocycles. The number of ether oxygens (including phenoxy) is 1. The fraction of sp³-hybridized carbons (Fsp3) is 0.750. The minimum atomic E-state index is -0.283. The third-order valence-electron chi connectivity index (χ3n) is 1.84. The molecule has 0 bridgehead atoms. The molecule has 0 atom stereocenters. The van der Waals surface area contributed by atoms with Crippen molar-refractivity contribution in [3.63, 3.8) is 0 Å². The van der Waals surface area contributed by atoms with Gasteiger partial charge in [-0.25, -0.2) is 0 Å². The summed E-state index contributed by atoms with van der Waals surface area (Å²) in [5.74, 6) is -0.566. The van der Waals surface area contributed by atoms with Crippen molar-refractivity contribution in [1.29, 1.82) is 0 Å². The molecule has 13 heavy (non-hydrogen) atoms. The van der Waals surface area contributed by atoms with Crippen LogP contribution >= 0.6 is 0 Å². The molecule has 0 aromatic rings. The van der Waals surface area contributed by atoms with E-state index in [-0.39, 0.29) is 31.6 Å². The van der Waals surface area contributed by atoms with Crippen LogP contribution in [0.15, 0.2) is 0 Å². The molecule has 5 heteroatoms. The first-order valence-electron chi connectivity index (χ1n) is 4.27. The van der Waals surface area contributed by atoms with Crippen molar-refractivity contribution < 1.29 is 19.4 Å². The zero-order chi connectivity index (χ0) is 9.68. The average Bonchev–Trinajstić information content (AvgIpc) is 2.10. The van der Waals surface area contributed by atoms with Crippen LogP contribution in [0.1, 0.15) is 12.8 Å². The van der Waals surface area contributed by atoms with Gasteiger partial charge in [-0.1, -0.05) is 0 Å². The molecule has 1 aliphatic heterocycles.